The largest absolute Gasteiger partial charge is 0.496 e. The van der Waals surface area contributed by atoms with Gasteiger partial charge in [0.25, 0.3) is 0 Å². The first-order valence-electron chi connectivity index (χ1n) is 17.4. The van der Waals surface area contributed by atoms with Crippen LogP contribution in [0.15, 0.2) is 48.5 Å². The first kappa shape index (κ1) is 39.1. The van der Waals surface area contributed by atoms with E-state index in [0.29, 0.717) is 0 Å². The van der Waals surface area contributed by atoms with Crippen LogP contribution in [0.2, 0.25) is 0 Å². The number of hydrogen-bond acceptors (Lipinski definition) is 6. The lowest BCUT2D eigenvalue weighted by molar-refractivity contribution is -0.150. The van der Waals surface area contributed by atoms with E-state index in [9.17, 15) is 0 Å². The summed E-state index contributed by atoms with van der Waals surface area (Å²) in [6.07, 6.45) is -1.00. The Labute approximate surface area is 310 Å². The third kappa shape index (κ3) is 6.67. The molecule has 0 saturated carbocycles. The Hall–Kier alpha value is -3.14. The van der Waals surface area contributed by atoms with Gasteiger partial charge in [0.1, 0.15) is 35.2 Å². The van der Waals surface area contributed by atoms with E-state index in [1.54, 1.807) is 28.4 Å². The van der Waals surface area contributed by atoms with Crippen LogP contribution in [0.4, 0.5) is 0 Å². The Morgan fingerprint density at radius 2 is 0.608 bits per heavy atom. The summed E-state index contributed by atoms with van der Waals surface area (Å²) in [7, 11) is 13.4. The van der Waals surface area contributed by atoms with E-state index in [2.05, 4.69) is 122 Å². The molecule has 2 unspecified atom stereocenters. The number of hydrogen-bond donors (Lipinski definition) is 0. The van der Waals surface area contributed by atoms with Crippen molar-refractivity contribution in [3.8, 4) is 23.0 Å². The van der Waals surface area contributed by atoms with E-state index in [-0.39, 0.29) is 0 Å². The Bertz CT molecular complexity index is 1610. The highest BCUT2D eigenvalue weighted by atomic mass is 31.0. The molecule has 0 aromatic heterocycles. The summed E-state index contributed by atoms with van der Waals surface area (Å²) < 4.78 is 37.9. The van der Waals surface area contributed by atoms with Gasteiger partial charge in [0.15, 0.2) is 5.79 Å². The van der Waals surface area contributed by atoms with Crippen molar-refractivity contribution in [2.45, 2.75) is 97.5 Å². The van der Waals surface area contributed by atoms with Crippen molar-refractivity contribution in [3.05, 3.63) is 115 Å². The molecule has 1 aliphatic rings. The van der Waals surface area contributed by atoms with E-state index in [1.165, 1.54) is 0 Å². The van der Waals surface area contributed by atoms with Gasteiger partial charge in [0.05, 0.1) is 38.8 Å². The summed E-state index contributed by atoms with van der Waals surface area (Å²) in [6, 6.07) is 17.8. The first-order chi connectivity index (χ1) is 23.9. The summed E-state index contributed by atoms with van der Waals surface area (Å²) in [6.45, 7) is 20.8. The van der Waals surface area contributed by atoms with E-state index in [4.69, 9.17) is 28.4 Å². The predicted octanol–water partition coefficient (Wildman–Crippen LogP) is 9.65. The van der Waals surface area contributed by atoms with Crippen LogP contribution in [0.5, 0.6) is 23.0 Å². The van der Waals surface area contributed by atoms with Crippen molar-refractivity contribution in [2.24, 2.45) is 0 Å². The number of ether oxygens (including phenoxy) is 6. The lowest BCUT2D eigenvalue weighted by Crippen LogP contribution is -2.50. The second kappa shape index (κ2) is 14.4. The Balaban J connectivity index is 1.91. The van der Waals surface area contributed by atoms with E-state index in [1.807, 2.05) is 13.8 Å². The molecule has 274 valence electrons. The average Bonchev–Trinajstić information content (AvgIpc) is 3.39. The maximum Gasteiger partial charge on any atom is 0.163 e. The lowest BCUT2D eigenvalue weighted by atomic mass is 9.74. The van der Waals surface area contributed by atoms with Crippen molar-refractivity contribution >= 4 is 18.5 Å². The van der Waals surface area contributed by atoms with Gasteiger partial charge in [0.2, 0.25) is 0 Å². The van der Waals surface area contributed by atoms with Gasteiger partial charge in [-0.15, -0.1) is 18.5 Å². The SMILES string of the molecule is COc1c(C)cc(C(P)(c2cc(C)c(OC)c(C)c2)[C@H]2OC(C)(C)O[C@@H]2C(P)(c2cc(C)c(OC)c(C)c2)c2cc(C)c(OC)c(C)c2)cc1C. The summed E-state index contributed by atoms with van der Waals surface area (Å²) in [5.74, 6) is 2.59. The molecule has 4 atom stereocenters. The predicted molar refractivity (Wildman–Crippen MR) is 215 cm³/mol. The van der Waals surface area contributed by atoms with Gasteiger partial charge in [-0.3, -0.25) is 0 Å². The molecule has 0 aliphatic carbocycles. The lowest BCUT2D eigenvalue weighted by Gasteiger charge is -2.45. The van der Waals surface area contributed by atoms with Gasteiger partial charge < -0.3 is 28.4 Å². The Morgan fingerprint density at radius 3 is 0.765 bits per heavy atom. The van der Waals surface area contributed by atoms with Crippen LogP contribution in [0.25, 0.3) is 0 Å². The smallest absolute Gasteiger partial charge is 0.163 e. The standard InChI is InChI=1S/C43H56O6P2/c1-23-15-31(16-24(2)35(23)44-11)42(50,32-17-25(3)36(45-12)26(4)18-32)39-40(49-41(9,10)48-39)43(51,33-19-27(5)37(46-13)28(6)20-33)34-21-29(7)38(47-14)30(8)22-34/h15-22,39-40H,50-51H2,1-14H3/t39-,40-/m0/s1. The highest BCUT2D eigenvalue weighted by molar-refractivity contribution is 7.19. The maximum absolute atomic E-state index is 7.24. The molecule has 5 rings (SSSR count). The van der Waals surface area contributed by atoms with Crippen LogP contribution >= 0.6 is 18.5 Å². The van der Waals surface area contributed by atoms with Gasteiger partial charge >= 0.3 is 0 Å². The van der Waals surface area contributed by atoms with Gasteiger partial charge in [-0.25, -0.2) is 0 Å². The van der Waals surface area contributed by atoms with Crippen molar-refractivity contribution in [1.29, 1.82) is 0 Å². The minimum atomic E-state index is -0.917. The summed E-state index contributed by atoms with van der Waals surface area (Å²) >= 11 is 0. The molecular formula is C43H56O6P2. The average molecular weight is 731 g/mol. The van der Waals surface area contributed by atoms with Crippen molar-refractivity contribution < 1.29 is 28.4 Å². The van der Waals surface area contributed by atoms with Crippen molar-refractivity contribution in [3.63, 3.8) is 0 Å². The van der Waals surface area contributed by atoms with Crippen molar-refractivity contribution in [1.82, 2.24) is 0 Å². The van der Waals surface area contributed by atoms with E-state index >= 15 is 0 Å². The summed E-state index contributed by atoms with van der Waals surface area (Å²) in [5.41, 5.74) is 12.7. The molecule has 8 heteroatoms. The third-order valence-electron chi connectivity index (χ3n) is 10.6. The fourth-order valence-electron chi connectivity index (χ4n) is 8.46. The first-order valence-corrected chi connectivity index (χ1v) is 18.6. The molecule has 0 radical (unpaired) electrons. The molecule has 0 amide bonds. The molecule has 51 heavy (non-hydrogen) atoms. The summed E-state index contributed by atoms with van der Waals surface area (Å²) in [4.78, 5) is 0. The molecule has 0 spiro atoms. The Kier molecular flexibility index (Phi) is 11.0. The molecule has 1 saturated heterocycles. The van der Waals surface area contributed by atoms with Gasteiger partial charge in [-0.2, -0.15) is 0 Å². The molecule has 0 bridgehead atoms. The third-order valence-corrected chi connectivity index (χ3v) is 12.6. The molecule has 1 aliphatic heterocycles. The molecule has 1 heterocycles. The molecule has 4 aromatic rings. The minimum absolute atomic E-state index is 0.500. The quantitative estimate of drug-likeness (QED) is 0.152. The normalized spacial score (nSPS) is 17.4. The second-order valence-electron chi connectivity index (χ2n) is 14.8. The monoisotopic (exact) mass is 730 g/mol. The van der Waals surface area contributed by atoms with Crippen LogP contribution in [-0.4, -0.2) is 46.4 Å². The van der Waals surface area contributed by atoms with E-state index < -0.39 is 28.3 Å². The minimum Gasteiger partial charge on any atom is -0.496 e. The molecular weight excluding hydrogens is 674 g/mol. The van der Waals surface area contributed by atoms with Crippen LogP contribution in [0, 0.1) is 55.4 Å². The number of aryl methyl sites for hydroxylation is 8. The Morgan fingerprint density at radius 1 is 0.431 bits per heavy atom. The second-order valence-corrected chi connectivity index (χ2v) is 16.6. The zero-order chi connectivity index (χ0) is 37.8. The van der Waals surface area contributed by atoms with Crippen LogP contribution in [0.1, 0.15) is 80.6 Å². The zero-order valence-electron chi connectivity index (χ0n) is 32.9. The number of methoxy groups -OCH3 is 4. The van der Waals surface area contributed by atoms with Crippen LogP contribution < -0.4 is 18.9 Å². The molecule has 4 aromatic carbocycles. The summed E-state index contributed by atoms with van der Waals surface area (Å²) in [5, 5.41) is -1.56. The fourth-order valence-corrected chi connectivity index (χ4v) is 9.61. The molecule has 1 fully saturated rings. The number of rotatable bonds is 10. The molecule has 6 nitrogen and oxygen atoms in total. The highest BCUT2D eigenvalue weighted by Gasteiger charge is 2.59. The zero-order valence-corrected chi connectivity index (χ0v) is 35.2. The number of benzene rings is 4. The van der Waals surface area contributed by atoms with E-state index in [0.717, 1.165) is 89.8 Å². The fraction of sp³-hybridized carbons (Fsp3) is 0.442. The van der Waals surface area contributed by atoms with Gasteiger partial charge in [-0.1, -0.05) is 48.5 Å². The van der Waals surface area contributed by atoms with Crippen LogP contribution in [-0.2, 0) is 19.8 Å². The van der Waals surface area contributed by atoms with Crippen LogP contribution in [0.3, 0.4) is 0 Å². The van der Waals surface area contributed by atoms with Gasteiger partial charge in [-0.05, 0) is 136 Å². The van der Waals surface area contributed by atoms with Gasteiger partial charge in [0, 0.05) is 0 Å². The topological polar surface area (TPSA) is 55.4 Å². The highest BCUT2D eigenvalue weighted by Crippen LogP contribution is 2.58. The van der Waals surface area contributed by atoms with Crippen molar-refractivity contribution in [2.75, 3.05) is 28.4 Å². The maximum atomic E-state index is 7.24. The molecule has 0 N–H and O–H groups in total.